The topological polar surface area (TPSA) is 80.3 Å². The minimum Gasteiger partial charge on any atom is -0.481 e. The molecule has 1 aliphatic heterocycles. The SMILES string of the molecule is Cc1c2n3c(c(C)c(=O)n3c1=O)CC(C(=O)O)C2. The van der Waals surface area contributed by atoms with Gasteiger partial charge in [-0.05, 0) is 13.8 Å². The lowest BCUT2D eigenvalue weighted by atomic mass is 9.92. The van der Waals surface area contributed by atoms with E-state index >= 15 is 0 Å². The van der Waals surface area contributed by atoms with Gasteiger partial charge in [-0.15, -0.1) is 0 Å². The number of rotatable bonds is 1. The molecule has 0 atom stereocenters. The van der Waals surface area contributed by atoms with Gasteiger partial charge in [0.15, 0.2) is 0 Å². The van der Waals surface area contributed by atoms with Crippen molar-refractivity contribution in [1.82, 2.24) is 9.03 Å². The molecule has 6 nitrogen and oxygen atoms in total. The number of aromatic nitrogens is 2. The molecule has 2 aromatic rings. The second kappa shape index (κ2) is 3.22. The molecule has 3 heterocycles. The maximum atomic E-state index is 12.0. The molecular formula is C12H12N2O4. The van der Waals surface area contributed by atoms with E-state index in [1.54, 1.807) is 18.4 Å². The molecule has 1 N–H and O–H groups in total. The summed E-state index contributed by atoms with van der Waals surface area (Å²) in [5, 5.41) is 9.14. The lowest BCUT2D eigenvalue weighted by Gasteiger charge is -2.18. The van der Waals surface area contributed by atoms with Gasteiger partial charge in [0.25, 0.3) is 11.1 Å². The molecule has 0 radical (unpaired) electrons. The summed E-state index contributed by atoms with van der Waals surface area (Å²) in [6.45, 7) is 3.28. The van der Waals surface area contributed by atoms with E-state index in [0.717, 1.165) is 4.52 Å². The van der Waals surface area contributed by atoms with Crippen molar-refractivity contribution in [3.63, 3.8) is 0 Å². The van der Waals surface area contributed by atoms with Gasteiger partial charge in [-0.2, -0.15) is 4.52 Å². The van der Waals surface area contributed by atoms with E-state index in [1.165, 1.54) is 0 Å². The van der Waals surface area contributed by atoms with E-state index < -0.39 is 11.9 Å². The summed E-state index contributed by atoms with van der Waals surface area (Å²) in [5.74, 6) is -1.45. The highest BCUT2D eigenvalue weighted by molar-refractivity contribution is 5.71. The molecule has 0 spiro atoms. The van der Waals surface area contributed by atoms with E-state index in [4.69, 9.17) is 5.11 Å². The van der Waals surface area contributed by atoms with Crippen LogP contribution in [0.5, 0.6) is 0 Å². The minimum absolute atomic E-state index is 0.299. The summed E-state index contributed by atoms with van der Waals surface area (Å²) in [7, 11) is 0. The maximum Gasteiger partial charge on any atom is 0.307 e. The first kappa shape index (κ1) is 11.0. The first-order valence-electron chi connectivity index (χ1n) is 5.74. The molecule has 6 heteroatoms. The van der Waals surface area contributed by atoms with Gasteiger partial charge in [-0.3, -0.25) is 18.9 Å². The Labute approximate surface area is 101 Å². The third-order valence-corrected chi connectivity index (χ3v) is 3.83. The van der Waals surface area contributed by atoms with E-state index in [-0.39, 0.29) is 11.1 Å². The number of hydrogen-bond acceptors (Lipinski definition) is 3. The molecule has 18 heavy (non-hydrogen) atoms. The largest absolute Gasteiger partial charge is 0.481 e. The molecule has 3 rings (SSSR count). The lowest BCUT2D eigenvalue weighted by Crippen LogP contribution is -2.26. The van der Waals surface area contributed by atoms with Crippen molar-refractivity contribution in [2.45, 2.75) is 26.7 Å². The summed E-state index contributed by atoms with van der Waals surface area (Å²) in [5.41, 5.74) is 1.57. The molecule has 0 saturated carbocycles. The van der Waals surface area contributed by atoms with Crippen molar-refractivity contribution >= 4 is 5.97 Å². The fourth-order valence-electron chi connectivity index (χ4n) is 2.75. The lowest BCUT2D eigenvalue weighted by molar-refractivity contribution is -0.141. The van der Waals surface area contributed by atoms with Gasteiger partial charge in [0, 0.05) is 24.0 Å². The van der Waals surface area contributed by atoms with Crippen LogP contribution >= 0.6 is 0 Å². The summed E-state index contributed by atoms with van der Waals surface area (Å²) in [6, 6.07) is 0. The molecule has 0 aromatic carbocycles. The Balaban J connectivity index is 2.44. The van der Waals surface area contributed by atoms with Gasteiger partial charge in [-0.25, -0.2) is 0 Å². The average Bonchev–Trinajstić information content (AvgIpc) is 2.73. The summed E-state index contributed by atoms with van der Waals surface area (Å²) < 4.78 is 2.72. The van der Waals surface area contributed by atoms with Gasteiger partial charge in [0.1, 0.15) is 0 Å². The second-order valence-electron chi connectivity index (χ2n) is 4.82. The molecule has 0 bridgehead atoms. The third kappa shape index (κ3) is 1.10. The molecule has 0 fully saturated rings. The Morgan fingerprint density at radius 3 is 1.89 bits per heavy atom. The predicted octanol–water partition coefficient (Wildman–Crippen LogP) is -0.387. The number of nitrogens with zero attached hydrogens (tertiary/aromatic N) is 2. The first-order valence-corrected chi connectivity index (χ1v) is 5.74. The molecule has 1 aliphatic rings. The van der Waals surface area contributed by atoms with E-state index in [9.17, 15) is 14.4 Å². The monoisotopic (exact) mass is 248 g/mol. The summed E-state index contributed by atoms with van der Waals surface area (Å²) >= 11 is 0. The van der Waals surface area contributed by atoms with Crippen molar-refractivity contribution in [2.75, 3.05) is 0 Å². The zero-order chi connectivity index (χ0) is 13.2. The van der Waals surface area contributed by atoms with Crippen molar-refractivity contribution in [2.24, 2.45) is 5.92 Å². The molecule has 0 unspecified atom stereocenters. The van der Waals surface area contributed by atoms with Crippen LogP contribution in [0.2, 0.25) is 0 Å². The zero-order valence-corrected chi connectivity index (χ0v) is 10.1. The average molecular weight is 248 g/mol. The highest BCUT2D eigenvalue weighted by atomic mass is 16.4. The van der Waals surface area contributed by atoms with Gasteiger partial charge < -0.3 is 5.11 Å². The number of aliphatic carboxylic acids is 1. The van der Waals surface area contributed by atoms with Crippen molar-refractivity contribution < 1.29 is 9.90 Å². The Kier molecular flexibility index (Phi) is 1.97. The quantitative estimate of drug-likeness (QED) is 0.745. The molecule has 2 aromatic heterocycles. The van der Waals surface area contributed by atoms with Crippen molar-refractivity contribution in [1.29, 1.82) is 0 Å². The van der Waals surface area contributed by atoms with Crippen LogP contribution in [0.15, 0.2) is 9.59 Å². The van der Waals surface area contributed by atoms with E-state index in [1.807, 2.05) is 0 Å². The van der Waals surface area contributed by atoms with Crippen LogP contribution < -0.4 is 11.1 Å². The smallest absolute Gasteiger partial charge is 0.307 e. The number of carboxylic acids is 1. The Morgan fingerprint density at radius 2 is 1.50 bits per heavy atom. The molecule has 0 amide bonds. The van der Waals surface area contributed by atoms with Crippen molar-refractivity contribution in [3.8, 4) is 0 Å². The molecule has 0 aliphatic carbocycles. The normalized spacial score (nSPS) is 15.4. The second-order valence-corrected chi connectivity index (χ2v) is 4.82. The van der Waals surface area contributed by atoms with Crippen LogP contribution in [-0.2, 0) is 17.6 Å². The van der Waals surface area contributed by atoms with Crippen molar-refractivity contribution in [3.05, 3.63) is 43.2 Å². The van der Waals surface area contributed by atoms with Gasteiger partial charge >= 0.3 is 5.97 Å². The highest BCUT2D eigenvalue weighted by Gasteiger charge is 2.32. The van der Waals surface area contributed by atoms with Crippen LogP contribution in [0.4, 0.5) is 0 Å². The molecule has 0 saturated heterocycles. The standard InChI is InChI=1S/C12H12N2O4/c1-5-8-3-7(12(17)18)4-9-6(2)11(16)14(10(5)15)13(8)9/h7H,3-4H2,1-2H3,(H,17,18). The fourth-order valence-corrected chi connectivity index (χ4v) is 2.75. The minimum atomic E-state index is -0.888. The zero-order valence-electron chi connectivity index (χ0n) is 10.1. The third-order valence-electron chi connectivity index (χ3n) is 3.83. The van der Waals surface area contributed by atoms with Crippen LogP contribution in [0.25, 0.3) is 0 Å². The van der Waals surface area contributed by atoms with Gasteiger partial charge in [-0.1, -0.05) is 0 Å². The predicted molar refractivity (Wildman–Crippen MR) is 62.6 cm³/mol. The summed E-state index contributed by atoms with van der Waals surface area (Å²) in [4.78, 5) is 35.1. The Hall–Kier alpha value is -2.11. The van der Waals surface area contributed by atoms with Crippen LogP contribution in [0, 0.1) is 19.8 Å². The van der Waals surface area contributed by atoms with Gasteiger partial charge in [0.05, 0.1) is 17.3 Å². The highest BCUT2D eigenvalue weighted by Crippen LogP contribution is 2.24. The first-order chi connectivity index (χ1) is 8.43. The van der Waals surface area contributed by atoms with Crippen LogP contribution in [-0.4, -0.2) is 20.1 Å². The Bertz CT molecular complexity index is 728. The summed E-state index contributed by atoms with van der Waals surface area (Å²) in [6.07, 6.45) is 0.598. The number of carboxylic acid groups (broad SMARTS) is 1. The van der Waals surface area contributed by atoms with Gasteiger partial charge in [0.2, 0.25) is 0 Å². The van der Waals surface area contributed by atoms with Crippen LogP contribution in [0.1, 0.15) is 22.5 Å². The van der Waals surface area contributed by atoms with E-state index in [2.05, 4.69) is 0 Å². The van der Waals surface area contributed by atoms with Crippen LogP contribution in [0.3, 0.4) is 0 Å². The maximum absolute atomic E-state index is 12.0. The number of carbonyl (C=O) groups is 1. The Morgan fingerprint density at radius 1 is 1.06 bits per heavy atom. The van der Waals surface area contributed by atoms with E-state index in [0.29, 0.717) is 35.4 Å². The molecule has 94 valence electrons. The number of hydrogen-bond donors (Lipinski definition) is 1. The fraction of sp³-hybridized carbons (Fsp3) is 0.417. The molecular weight excluding hydrogens is 236 g/mol.